The zero-order chi connectivity index (χ0) is 16.4. The first-order chi connectivity index (χ1) is 11.0. The molecule has 0 bridgehead atoms. The van der Waals surface area contributed by atoms with Crippen LogP contribution < -0.4 is 0 Å². The summed E-state index contributed by atoms with van der Waals surface area (Å²) in [7, 11) is 0. The maximum absolute atomic E-state index is 12.4. The Morgan fingerprint density at radius 3 is 2.57 bits per heavy atom. The largest absolute Gasteiger partial charge is 0.508 e. The van der Waals surface area contributed by atoms with Gasteiger partial charge in [-0.3, -0.25) is 14.5 Å². The van der Waals surface area contributed by atoms with Gasteiger partial charge in [-0.1, -0.05) is 42.0 Å². The van der Waals surface area contributed by atoms with Gasteiger partial charge >= 0.3 is 0 Å². The van der Waals surface area contributed by atoms with E-state index in [-0.39, 0.29) is 23.4 Å². The number of aromatic hydroxyl groups is 1. The third kappa shape index (κ3) is 3.46. The second-order valence-corrected chi connectivity index (χ2v) is 6.34. The zero-order valence-electron chi connectivity index (χ0n) is 12.5. The highest BCUT2D eigenvalue weighted by molar-refractivity contribution is 8.18. The summed E-state index contributed by atoms with van der Waals surface area (Å²) in [6.45, 7) is 2.25. The molecule has 4 nitrogen and oxygen atoms in total. The quantitative estimate of drug-likeness (QED) is 0.869. The Morgan fingerprint density at radius 1 is 1.13 bits per heavy atom. The van der Waals surface area contributed by atoms with Crippen molar-refractivity contribution in [3.8, 4) is 5.75 Å². The summed E-state index contributed by atoms with van der Waals surface area (Å²) in [6, 6.07) is 14.3. The number of amides is 2. The summed E-state index contributed by atoms with van der Waals surface area (Å²) in [5, 5.41) is 9.20. The standard InChI is InChI=1S/C18H15NO3S/c1-12-5-7-13(8-6-12)11-19-17(21)16(23-18(19)22)10-14-3-2-4-15(20)9-14/h2-10,20H,11H2,1H3. The van der Waals surface area contributed by atoms with Crippen LogP contribution in [0.5, 0.6) is 5.75 Å². The van der Waals surface area contributed by atoms with Crippen LogP contribution in [0.1, 0.15) is 16.7 Å². The van der Waals surface area contributed by atoms with Crippen molar-refractivity contribution in [2.24, 2.45) is 0 Å². The molecule has 0 aliphatic carbocycles. The lowest BCUT2D eigenvalue weighted by Gasteiger charge is -2.12. The Labute approximate surface area is 138 Å². The Bertz CT molecular complexity index is 796. The van der Waals surface area contributed by atoms with E-state index < -0.39 is 0 Å². The third-order valence-corrected chi connectivity index (χ3v) is 4.41. The lowest BCUT2D eigenvalue weighted by Crippen LogP contribution is -2.27. The first-order valence-corrected chi connectivity index (χ1v) is 7.94. The van der Waals surface area contributed by atoms with Crippen LogP contribution in [0.4, 0.5) is 4.79 Å². The fraction of sp³-hybridized carbons (Fsp3) is 0.111. The van der Waals surface area contributed by atoms with E-state index in [2.05, 4.69) is 0 Å². The molecule has 2 amide bonds. The summed E-state index contributed by atoms with van der Waals surface area (Å²) >= 11 is 0.922. The van der Waals surface area contributed by atoms with Gasteiger partial charge < -0.3 is 5.11 Å². The normalized spacial score (nSPS) is 16.4. The average molecular weight is 325 g/mol. The molecular weight excluding hydrogens is 310 g/mol. The third-order valence-electron chi connectivity index (χ3n) is 3.50. The summed E-state index contributed by atoms with van der Waals surface area (Å²) in [5.74, 6) is -0.179. The van der Waals surface area contributed by atoms with Gasteiger partial charge in [0.2, 0.25) is 0 Å². The van der Waals surface area contributed by atoms with Crippen LogP contribution in [0.25, 0.3) is 6.08 Å². The molecular formula is C18H15NO3S. The van der Waals surface area contributed by atoms with Gasteiger partial charge in [-0.2, -0.15) is 0 Å². The van der Waals surface area contributed by atoms with Crippen LogP contribution in [0.3, 0.4) is 0 Å². The Hall–Kier alpha value is -2.53. The summed E-state index contributed by atoms with van der Waals surface area (Å²) in [5.41, 5.74) is 2.73. The van der Waals surface area contributed by atoms with E-state index in [1.54, 1.807) is 30.3 Å². The highest BCUT2D eigenvalue weighted by Gasteiger charge is 2.34. The molecule has 0 unspecified atom stereocenters. The number of thioether (sulfide) groups is 1. The molecule has 0 radical (unpaired) electrons. The highest BCUT2D eigenvalue weighted by Crippen LogP contribution is 2.33. The number of rotatable bonds is 3. The molecule has 23 heavy (non-hydrogen) atoms. The number of hydrogen-bond acceptors (Lipinski definition) is 4. The van der Waals surface area contributed by atoms with E-state index in [4.69, 9.17) is 0 Å². The Kier molecular flexibility index (Phi) is 4.21. The minimum Gasteiger partial charge on any atom is -0.508 e. The number of carbonyl (C=O) groups excluding carboxylic acids is 2. The molecule has 1 fully saturated rings. The lowest BCUT2D eigenvalue weighted by atomic mass is 10.1. The SMILES string of the molecule is Cc1ccc(CN2C(=O)SC(=Cc3cccc(O)c3)C2=O)cc1. The molecule has 5 heteroatoms. The molecule has 2 aromatic rings. The monoisotopic (exact) mass is 325 g/mol. The number of imide groups is 1. The molecule has 0 spiro atoms. The molecule has 3 rings (SSSR count). The second-order valence-electron chi connectivity index (χ2n) is 5.35. The lowest BCUT2D eigenvalue weighted by molar-refractivity contribution is -0.123. The summed E-state index contributed by atoms with van der Waals surface area (Å²) in [6.07, 6.45) is 1.62. The first kappa shape index (κ1) is 15.4. The van der Waals surface area contributed by atoms with Crippen LogP contribution in [0, 0.1) is 6.92 Å². The van der Waals surface area contributed by atoms with Crippen LogP contribution in [-0.2, 0) is 11.3 Å². The van der Waals surface area contributed by atoms with Crippen LogP contribution in [0.15, 0.2) is 53.4 Å². The maximum Gasteiger partial charge on any atom is 0.293 e. The van der Waals surface area contributed by atoms with E-state index in [9.17, 15) is 14.7 Å². The van der Waals surface area contributed by atoms with Crippen molar-refractivity contribution in [3.63, 3.8) is 0 Å². The van der Waals surface area contributed by atoms with Crippen molar-refractivity contribution >= 4 is 29.0 Å². The van der Waals surface area contributed by atoms with E-state index in [1.807, 2.05) is 31.2 Å². The van der Waals surface area contributed by atoms with Gasteiger partial charge in [0.1, 0.15) is 5.75 Å². The molecule has 1 heterocycles. The number of phenolic OH excluding ortho intramolecular Hbond substituents is 1. The second kappa shape index (κ2) is 6.30. The smallest absolute Gasteiger partial charge is 0.293 e. The predicted molar refractivity (Wildman–Crippen MR) is 90.8 cm³/mol. The van der Waals surface area contributed by atoms with Crippen LogP contribution >= 0.6 is 11.8 Å². The van der Waals surface area contributed by atoms with Gasteiger partial charge in [-0.05, 0) is 48.0 Å². The van der Waals surface area contributed by atoms with Gasteiger partial charge in [-0.15, -0.1) is 0 Å². The van der Waals surface area contributed by atoms with E-state index in [1.165, 1.54) is 4.90 Å². The Morgan fingerprint density at radius 2 is 1.87 bits per heavy atom. The topological polar surface area (TPSA) is 57.6 Å². The minimum absolute atomic E-state index is 0.123. The predicted octanol–water partition coefficient (Wildman–Crippen LogP) is 3.94. The number of aryl methyl sites for hydroxylation is 1. The Balaban J connectivity index is 1.81. The number of nitrogens with zero attached hydrogens (tertiary/aromatic N) is 1. The van der Waals surface area contributed by atoms with Crippen molar-refractivity contribution in [2.45, 2.75) is 13.5 Å². The van der Waals surface area contributed by atoms with Crippen LogP contribution in [0.2, 0.25) is 0 Å². The fourth-order valence-corrected chi connectivity index (χ4v) is 3.12. The molecule has 0 saturated carbocycles. The van der Waals surface area contributed by atoms with Gasteiger partial charge in [0, 0.05) is 0 Å². The van der Waals surface area contributed by atoms with Crippen molar-refractivity contribution in [1.82, 2.24) is 4.90 Å². The van der Waals surface area contributed by atoms with Crippen LogP contribution in [-0.4, -0.2) is 21.2 Å². The van der Waals surface area contributed by atoms with Gasteiger partial charge in [0.15, 0.2) is 0 Å². The number of phenols is 1. The summed E-state index contributed by atoms with van der Waals surface area (Å²) < 4.78 is 0. The van der Waals surface area contributed by atoms with Crippen molar-refractivity contribution in [1.29, 1.82) is 0 Å². The molecule has 1 N–H and O–H groups in total. The van der Waals surface area contributed by atoms with Gasteiger partial charge in [0.05, 0.1) is 11.4 Å². The van der Waals surface area contributed by atoms with E-state index in [0.29, 0.717) is 10.5 Å². The van der Waals surface area contributed by atoms with Crippen molar-refractivity contribution < 1.29 is 14.7 Å². The zero-order valence-corrected chi connectivity index (χ0v) is 13.3. The van der Waals surface area contributed by atoms with Crippen molar-refractivity contribution in [3.05, 3.63) is 70.1 Å². The molecule has 2 aromatic carbocycles. The number of carbonyl (C=O) groups is 2. The molecule has 0 atom stereocenters. The minimum atomic E-state index is -0.302. The number of benzene rings is 2. The fourth-order valence-electron chi connectivity index (χ4n) is 2.28. The highest BCUT2D eigenvalue weighted by atomic mass is 32.2. The van der Waals surface area contributed by atoms with E-state index >= 15 is 0 Å². The maximum atomic E-state index is 12.4. The first-order valence-electron chi connectivity index (χ1n) is 7.13. The summed E-state index contributed by atoms with van der Waals surface area (Å²) in [4.78, 5) is 26.1. The van der Waals surface area contributed by atoms with Crippen molar-refractivity contribution in [2.75, 3.05) is 0 Å². The number of hydrogen-bond donors (Lipinski definition) is 1. The average Bonchev–Trinajstić information content (AvgIpc) is 2.77. The molecule has 1 aliphatic rings. The molecule has 1 aliphatic heterocycles. The van der Waals surface area contributed by atoms with E-state index in [0.717, 1.165) is 22.9 Å². The molecule has 116 valence electrons. The molecule has 1 saturated heterocycles. The molecule has 0 aromatic heterocycles. The van der Waals surface area contributed by atoms with Gasteiger partial charge in [0.25, 0.3) is 11.1 Å². The van der Waals surface area contributed by atoms with Gasteiger partial charge in [-0.25, -0.2) is 0 Å².